The Hall–Kier alpha value is -1.19. The molecule has 106 valence electrons. The molecule has 4 heteroatoms. The number of halogens is 2. The Bertz CT molecular complexity index is 571. The number of nitrogens with one attached hydrogen (secondary N) is 1. The molecular weight excluding hydrogens is 338 g/mol. The van der Waals surface area contributed by atoms with E-state index in [1.54, 1.807) is 0 Å². The molecule has 0 bridgehead atoms. The molecule has 2 nitrogen and oxygen atoms in total. The zero-order valence-corrected chi connectivity index (χ0v) is 13.8. The fourth-order valence-corrected chi connectivity index (χ4v) is 2.40. The largest absolute Gasteiger partial charge is 0.492 e. The quantitative estimate of drug-likeness (QED) is 0.746. The molecule has 2 aromatic rings. The lowest BCUT2D eigenvalue weighted by Gasteiger charge is -2.19. The van der Waals surface area contributed by atoms with Crippen LogP contribution in [0.25, 0.3) is 0 Å². The first-order valence-corrected chi connectivity index (χ1v) is 7.71. The van der Waals surface area contributed by atoms with Gasteiger partial charge in [-0.3, -0.25) is 0 Å². The van der Waals surface area contributed by atoms with Crippen molar-refractivity contribution < 1.29 is 4.74 Å². The first-order chi connectivity index (χ1) is 9.60. The Balaban J connectivity index is 2.20. The first-order valence-electron chi connectivity index (χ1n) is 6.54. The van der Waals surface area contributed by atoms with Crippen LogP contribution in [0.15, 0.2) is 46.9 Å². The van der Waals surface area contributed by atoms with Crippen molar-refractivity contribution in [2.75, 3.05) is 11.9 Å². The van der Waals surface area contributed by atoms with E-state index < -0.39 is 0 Å². The SMILES string of the molecule is CCOc1ccc(Cl)cc1NC(C)c1ccc(Br)cc1. The zero-order chi connectivity index (χ0) is 14.5. The Labute approximate surface area is 133 Å². The molecule has 1 unspecified atom stereocenters. The Morgan fingerprint density at radius 2 is 1.90 bits per heavy atom. The molecule has 0 radical (unpaired) electrons. The molecule has 2 aromatic carbocycles. The molecule has 20 heavy (non-hydrogen) atoms. The van der Waals surface area contributed by atoms with Crippen molar-refractivity contribution in [2.24, 2.45) is 0 Å². The Morgan fingerprint density at radius 3 is 2.55 bits per heavy atom. The van der Waals surface area contributed by atoms with Gasteiger partial charge in [-0.05, 0) is 49.7 Å². The number of anilines is 1. The number of hydrogen-bond acceptors (Lipinski definition) is 2. The van der Waals surface area contributed by atoms with E-state index in [1.807, 2.05) is 37.3 Å². The van der Waals surface area contributed by atoms with Gasteiger partial charge in [-0.1, -0.05) is 39.7 Å². The van der Waals surface area contributed by atoms with Gasteiger partial charge in [0.1, 0.15) is 5.75 Å². The van der Waals surface area contributed by atoms with Crippen molar-refractivity contribution in [2.45, 2.75) is 19.9 Å². The van der Waals surface area contributed by atoms with Crippen LogP contribution >= 0.6 is 27.5 Å². The highest BCUT2D eigenvalue weighted by Gasteiger charge is 2.10. The molecule has 0 aliphatic carbocycles. The monoisotopic (exact) mass is 353 g/mol. The number of rotatable bonds is 5. The summed E-state index contributed by atoms with van der Waals surface area (Å²) in [6.45, 7) is 4.71. The predicted molar refractivity (Wildman–Crippen MR) is 88.8 cm³/mol. The maximum atomic E-state index is 6.07. The van der Waals surface area contributed by atoms with Crippen LogP contribution in [0.2, 0.25) is 5.02 Å². The highest BCUT2D eigenvalue weighted by atomic mass is 79.9. The Kier molecular flexibility index (Phi) is 5.32. The van der Waals surface area contributed by atoms with E-state index in [0.717, 1.165) is 15.9 Å². The molecule has 2 rings (SSSR count). The number of hydrogen-bond donors (Lipinski definition) is 1. The van der Waals surface area contributed by atoms with Crippen molar-refractivity contribution in [1.29, 1.82) is 0 Å². The highest BCUT2D eigenvalue weighted by Crippen LogP contribution is 2.31. The van der Waals surface area contributed by atoms with E-state index >= 15 is 0 Å². The van der Waals surface area contributed by atoms with Crippen LogP contribution in [0, 0.1) is 0 Å². The average Bonchev–Trinajstić information content (AvgIpc) is 2.42. The van der Waals surface area contributed by atoms with Crippen LogP contribution in [0.3, 0.4) is 0 Å². The van der Waals surface area contributed by atoms with Crippen LogP contribution in [0.1, 0.15) is 25.5 Å². The van der Waals surface area contributed by atoms with E-state index in [4.69, 9.17) is 16.3 Å². The second-order valence-corrected chi connectivity index (χ2v) is 5.84. The summed E-state index contributed by atoms with van der Waals surface area (Å²) in [5.41, 5.74) is 2.12. The van der Waals surface area contributed by atoms with Gasteiger partial charge in [-0.2, -0.15) is 0 Å². The molecule has 0 aliphatic heterocycles. The molecule has 0 spiro atoms. The van der Waals surface area contributed by atoms with E-state index in [1.165, 1.54) is 5.56 Å². The van der Waals surface area contributed by atoms with E-state index in [9.17, 15) is 0 Å². The third-order valence-electron chi connectivity index (χ3n) is 2.98. The lowest BCUT2D eigenvalue weighted by Crippen LogP contribution is -2.08. The van der Waals surface area contributed by atoms with Gasteiger partial charge in [0.15, 0.2) is 0 Å². The molecule has 0 amide bonds. The lowest BCUT2D eigenvalue weighted by atomic mass is 10.1. The fourth-order valence-electron chi connectivity index (χ4n) is 1.96. The summed E-state index contributed by atoms with van der Waals surface area (Å²) in [5, 5.41) is 4.14. The van der Waals surface area contributed by atoms with Gasteiger partial charge in [0, 0.05) is 15.5 Å². The van der Waals surface area contributed by atoms with Crippen LogP contribution in [0.4, 0.5) is 5.69 Å². The summed E-state index contributed by atoms with van der Waals surface area (Å²) in [7, 11) is 0. The van der Waals surface area contributed by atoms with Crippen molar-refractivity contribution in [1.82, 2.24) is 0 Å². The second kappa shape index (κ2) is 7.00. The summed E-state index contributed by atoms with van der Waals surface area (Å²) in [4.78, 5) is 0. The molecule has 1 N–H and O–H groups in total. The number of benzene rings is 2. The molecule has 0 aromatic heterocycles. The topological polar surface area (TPSA) is 21.3 Å². The summed E-state index contributed by atoms with van der Waals surface area (Å²) >= 11 is 9.51. The third-order valence-corrected chi connectivity index (χ3v) is 3.75. The van der Waals surface area contributed by atoms with Gasteiger partial charge >= 0.3 is 0 Å². The van der Waals surface area contributed by atoms with Crippen LogP contribution in [0.5, 0.6) is 5.75 Å². The zero-order valence-electron chi connectivity index (χ0n) is 11.5. The van der Waals surface area contributed by atoms with Crippen LogP contribution in [-0.4, -0.2) is 6.61 Å². The summed E-state index contributed by atoms with van der Waals surface area (Å²) < 4.78 is 6.69. The predicted octanol–water partition coefficient (Wildman–Crippen LogP) is 5.67. The molecule has 0 aliphatic rings. The number of ether oxygens (including phenoxy) is 1. The van der Waals surface area contributed by atoms with Gasteiger partial charge in [0.25, 0.3) is 0 Å². The van der Waals surface area contributed by atoms with Crippen LogP contribution < -0.4 is 10.1 Å². The van der Waals surface area contributed by atoms with Gasteiger partial charge in [-0.25, -0.2) is 0 Å². The molecule has 0 fully saturated rings. The van der Waals surface area contributed by atoms with Gasteiger partial charge in [0.2, 0.25) is 0 Å². The van der Waals surface area contributed by atoms with Crippen molar-refractivity contribution in [3.05, 3.63) is 57.5 Å². The maximum absolute atomic E-state index is 6.07. The summed E-state index contributed by atoms with van der Waals surface area (Å²) in [6, 6.07) is 14.0. The summed E-state index contributed by atoms with van der Waals surface area (Å²) in [5.74, 6) is 0.820. The van der Waals surface area contributed by atoms with E-state index in [0.29, 0.717) is 11.6 Å². The molecule has 0 saturated heterocycles. The van der Waals surface area contributed by atoms with Crippen molar-refractivity contribution in [3.63, 3.8) is 0 Å². The molecule has 0 heterocycles. The second-order valence-electron chi connectivity index (χ2n) is 4.49. The van der Waals surface area contributed by atoms with Gasteiger partial charge in [-0.15, -0.1) is 0 Å². The summed E-state index contributed by atoms with van der Waals surface area (Å²) in [6.07, 6.45) is 0. The van der Waals surface area contributed by atoms with Crippen molar-refractivity contribution >= 4 is 33.2 Å². The van der Waals surface area contributed by atoms with E-state index in [-0.39, 0.29) is 6.04 Å². The third kappa shape index (κ3) is 3.90. The van der Waals surface area contributed by atoms with Crippen molar-refractivity contribution in [3.8, 4) is 5.75 Å². The molecule has 0 saturated carbocycles. The minimum atomic E-state index is 0.167. The molecular formula is C16H17BrClNO. The normalized spacial score (nSPS) is 12.0. The standard InChI is InChI=1S/C16H17BrClNO/c1-3-20-16-9-8-14(18)10-15(16)19-11(2)12-4-6-13(17)7-5-12/h4-11,19H,3H2,1-2H3. The maximum Gasteiger partial charge on any atom is 0.142 e. The van der Waals surface area contributed by atoms with Crippen LogP contribution in [-0.2, 0) is 0 Å². The van der Waals surface area contributed by atoms with Gasteiger partial charge in [0.05, 0.1) is 12.3 Å². The average molecular weight is 355 g/mol. The smallest absolute Gasteiger partial charge is 0.142 e. The lowest BCUT2D eigenvalue weighted by molar-refractivity contribution is 0.341. The fraction of sp³-hybridized carbons (Fsp3) is 0.250. The van der Waals surface area contributed by atoms with E-state index in [2.05, 4.69) is 40.3 Å². The van der Waals surface area contributed by atoms with Gasteiger partial charge < -0.3 is 10.1 Å². The molecule has 1 atom stereocenters. The minimum absolute atomic E-state index is 0.167. The highest BCUT2D eigenvalue weighted by molar-refractivity contribution is 9.10. The Morgan fingerprint density at radius 1 is 1.20 bits per heavy atom. The minimum Gasteiger partial charge on any atom is -0.492 e. The first kappa shape index (κ1) is 15.2.